The molecule has 68 heavy (non-hydrogen) atoms. The van der Waals surface area contributed by atoms with E-state index in [1.54, 1.807) is 6.08 Å². The molecule has 9 heteroatoms. The van der Waals surface area contributed by atoms with E-state index in [2.05, 4.69) is 153 Å². The number of aliphatic hydroxyl groups excluding tert-OH is 5. The van der Waals surface area contributed by atoms with E-state index in [1.807, 2.05) is 6.08 Å². The second-order valence-electron chi connectivity index (χ2n) is 17.2. The van der Waals surface area contributed by atoms with E-state index in [4.69, 9.17) is 9.47 Å². The number of nitrogens with one attached hydrogen (secondary N) is 1. The van der Waals surface area contributed by atoms with Gasteiger partial charge in [-0.05, 0) is 109 Å². The fourth-order valence-corrected chi connectivity index (χ4v) is 6.99. The van der Waals surface area contributed by atoms with Crippen LogP contribution >= 0.6 is 0 Å². The van der Waals surface area contributed by atoms with Crippen molar-refractivity contribution in [2.24, 2.45) is 0 Å². The molecule has 0 aromatic rings. The molecule has 0 saturated carbocycles. The Morgan fingerprint density at radius 2 is 0.926 bits per heavy atom. The molecule has 1 amide bonds. The van der Waals surface area contributed by atoms with Gasteiger partial charge in [-0.25, -0.2) is 0 Å². The van der Waals surface area contributed by atoms with Gasteiger partial charge in [-0.2, -0.15) is 0 Å². The van der Waals surface area contributed by atoms with Crippen molar-refractivity contribution < 1.29 is 39.8 Å². The third-order valence-electron chi connectivity index (χ3n) is 11.1. The molecule has 9 nitrogen and oxygen atoms in total. The molecule has 7 unspecified atom stereocenters. The molecular weight excluding hydrogens is 851 g/mol. The highest BCUT2D eigenvalue weighted by Gasteiger charge is 2.44. The maximum Gasteiger partial charge on any atom is 0.220 e. The van der Waals surface area contributed by atoms with Crippen LogP contribution in [0.25, 0.3) is 0 Å². The van der Waals surface area contributed by atoms with Gasteiger partial charge in [-0.15, -0.1) is 0 Å². The van der Waals surface area contributed by atoms with Gasteiger partial charge in [0.1, 0.15) is 24.4 Å². The van der Waals surface area contributed by atoms with E-state index in [0.717, 1.165) is 122 Å². The summed E-state index contributed by atoms with van der Waals surface area (Å²) in [6, 6.07) is -0.849. The molecule has 0 bridgehead atoms. The van der Waals surface area contributed by atoms with Gasteiger partial charge in [-0.3, -0.25) is 4.79 Å². The van der Waals surface area contributed by atoms with Crippen LogP contribution in [0.5, 0.6) is 0 Å². The summed E-state index contributed by atoms with van der Waals surface area (Å²) in [4.78, 5) is 13.0. The molecule has 0 aromatic carbocycles. The fraction of sp³-hybridized carbons (Fsp3) is 0.576. The van der Waals surface area contributed by atoms with Gasteiger partial charge in [0.15, 0.2) is 6.29 Å². The van der Waals surface area contributed by atoms with Crippen LogP contribution in [0.4, 0.5) is 0 Å². The number of hydrogen-bond donors (Lipinski definition) is 6. The molecule has 0 aromatic heterocycles. The zero-order valence-electron chi connectivity index (χ0n) is 42.0. The lowest BCUT2D eigenvalue weighted by molar-refractivity contribution is -0.302. The van der Waals surface area contributed by atoms with Gasteiger partial charge in [-0.1, -0.05) is 192 Å². The molecule has 0 aliphatic carbocycles. The minimum Gasteiger partial charge on any atom is -0.394 e. The van der Waals surface area contributed by atoms with Crippen LogP contribution in [0.15, 0.2) is 146 Å². The first-order valence-corrected chi connectivity index (χ1v) is 26.1. The Kier molecular flexibility index (Phi) is 42.7. The Bertz CT molecular complexity index is 1560. The van der Waals surface area contributed by atoms with Gasteiger partial charge >= 0.3 is 0 Å². The SMILES string of the molecule is CC/C=C\C/C=C\C/C=C\C/C=C\C/C=C\C/C=C\C/C=C\C/C=C\C/C=C\CCCCCCCC(=O)NC(COC1OC(CO)C(O)C(O)C1O)C(O)/C=C/CC/C=C/CC/C=C/CCCC. The van der Waals surface area contributed by atoms with Crippen molar-refractivity contribution in [1.82, 2.24) is 5.32 Å². The maximum atomic E-state index is 13.0. The van der Waals surface area contributed by atoms with E-state index in [1.165, 1.54) is 12.8 Å². The lowest BCUT2D eigenvalue weighted by Crippen LogP contribution is -2.60. The van der Waals surface area contributed by atoms with Crippen molar-refractivity contribution >= 4 is 5.91 Å². The van der Waals surface area contributed by atoms with Crippen molar-refractivity contribution in [3.05, 3.63) is 146 Å². The molecule has 7 atom stereocenters. The highest BCUT2D eigenvalue weighted by Crippen LogP contribution is 2.22. The van der Waals surface area contributed by atoms with Crippen LogP contribution in [-0.4, -0.2) is 87.5 Å². The summed E-state index contributed by atoms with van der Waals surface area (Å²) in [7, 11) is 0. The largest absolute Gasteiger partial charge is 0.394 e. The smallest absolute Gasteiger partial charge is 0.220 e. The monoisotopic (exact) mass is 944 g/mol. The highest BCUT2D eigenvalue weighted by molar-refractivity contribution is 5.76. The van der Waals surface area contributed by atoms with Crippen molar-refractivity contribution in [1.29, 1.82) is 0 Å². The molecule has 1 aliphatic heterocycles. The fourth-order valence-electron chi connectivity index (χ4n) is 6.99. The number of rotatable bonds is 41. The number of aliphatic hydroxyl groups is 5. The topological polar surface area (TPSA) is 149 Å². The van der Waals surface area contributed by atoms with Gasteiger partial charge in [0.25, 0.3) is 0 Å². The van der Waals surface area contributed by atoms with E-state index in [0.29, 0.717) is 12.8 Å². The normalized spacial score (nSPS) is 20.8. The average molecular weight is 944 g/mol. The van der Waals surface area contributed by atoms with Crippen LogP contribution in [0.2, 0.25) is 0 Å². The van der Waals surface area contributed by atoms with Crippen molar-refractivity contribution in [2.45, 2.75) is 204 Å². The van der Waals surface area contributed by atoms with Crippen LogP contribution < -0.4 is 5.32 Å². The second-order valence-corrected chi connectivity index (χ2v) is 17.2. The average Bonchev–Trinajstić information content (AvgIpc) is 3.34. The van der Waals surface area contributed by atoms with E-state index in [-0.39, 0.29) is 12.5 Å². The first-order chi connectivity index (χ1) is 33.3. The zero-order valence-corrected chi connectivity index (χ0v) is 42.0. The maximum absolute atomic E-state index is 13.0. The number of unbranched alkanes of at least 4 members (excludes halogenated alkanes) is 9. The van der Waals surface area contributed by atoms with Crippen LogP contribution in [0.1, 0.15) is 162 Å². The van der Waals surface area contributed by atoms with Crippen molar-refractivity contribution in [3.8, 4) is 0 Å². The molecule has 1 saturated heterocycles. The quantitative estimate of drug-likeness (QED) is 0.0262. The molecule has 1 rings (SSSR count). The van der Waals surface area contributed by atoms with E-state index in [9.17, 15) is 30.3 Å². The number of carbonyl (C=O) groups is 1. The highest BCUT2D eigenvalue weighted by atomic mass is 16.7. The number of amides is 1. The summed E-state index contributed by atoms with van der Waals surface area (Å²) in [5.41, 5.74) is 0. The minimum absolute atomic E-state index is 0.220. The third-order valence-corrected chi connectivity index (χ3v) is 11.1. The molecule has 1 fully saturated rings. The van der Waals surface area contributed by atoms with Gasteiger partial charge in [0, 0.05) is 6.42 Å². The number of ether oxygens (including phenoxy) is 2. The summed E-state index contributed by atoms with van der Waals surface area (Å²) in [6.07, 6.45) is 66.2. The standard InChI is InChI=1S/C59H93NO8/c1-3-5-7-9-11-13-15-17-18-19-20-21-22-23-24-25-26-27-28-29-30-31-32-33-34-35-36-37-39-41-43-45-47-49-55(63)60-52(51-67-59-58(66)57(65)56(64)54(50-61)68-59)53(62)48-46-44-42-40-38-16-14-12-10-8-6-4-2/h5,7,10-13,17-18,20-21,23-24,26-27,29-30,32-33,35-36,38,40,46,48,52-54,56-59,61-62,64-66H,3-4,6,8-9,14-16,19,22,25,28,31,34,37,39,41-45,47,49-51H2,1-2H3,(H,60,63)/b7-5-,12-10+,13-11-,18-17-,21-20-,24-23-,27-26-,30-29-,33-32-,36-35-,40-38+,48-46+. The summed E-state index contributed by atoms with van der Waals surface area (Å²) in [5, 5.41) is 54.2. The molecule has 382 valence electrons. The molecule has 6 N–H and O–H groups in total. The zero-order chi connectivity index (χ0) is 49.4. The Hall–Kier alpha value is -3.93. The van der Waals surface area contributed by atoms with Crippen LogP contribution in [0, 0.1) is 0 Å². The van der Waals surface area contributed by atoms with Crippen LogP contribution in [0.3, 0.4) is 0 Å². The molecule has 0 spiro atoms. The number of carbonyl (C=O) groups excluding carboxylic acids is 1. The predicted octanol–water partition coefficient (Wildman–Crippen LogP) is 12.3. The Morgan fingerprint density at radius 1 is 0.515 bits per heavy atom. The first-order valence-electron chi connectivity index (χ1n) is 26.1. The van der Waals surface area contributed by atoms with Gasteiger partial charge < -0.3 is 40.3 Å². The third kappa shape index (κ3) is 36.1. The Morgan fingerprint density at radius 3 is 1.41 bits per heavy atom. The Labute approximate surface area is 413 Å². The van der Waals surface area contributed by atoms with E-state index < -0.39 is 49.5 Å². The van der Waals surface area contributed by atoms with E-state index >= 15 is 0 Å². The molecular formula is C59H93NO8. The number of hydrogen-bond acceptors (Lipinski definition) is 8. The van der Waals surface area contributed by atoms with Crippen molar-refractivity contribution in [2.75, 3.05) is 13.2 Å². The Balaban J connectivity index is 2.26. The molecule has 1 aliphatic rings. The predicted molar refractivity (Wildman–Crippen MR) is 285 cm³/mol. The lowest BCUT2D eigenvalue weighted by Gasteiger charge is -2.40. The number of allylic oxidation sites excluding steroid dienone is 23. The minimum atomic E-state index is -1.59. The summed E-state index contributed by atoms with van der Waals surface area (Å²) >= 11 is 0. The van der Waals surface area contributed by atoms with Gasteiger partial charge in [0.05, 0.1) is 25.4 Å². The molecule has 0 radical (unpaired) electrons. The van der Waals surface area contributed by atoms with Crippen LogP contribution in [-0.2, 0) is 14.3 Å². The summed E-state index contributed by atoms with van der Waals surface area (Å²) in [6.45, 7) is 3.54. The first kappa shape index (κ1) is 62.1. The summed E-state index contributed by atoms with van der Waals surface area (Å²) < 4.78 is 11.2. The molecule has 1 heterocycles. The second kappa shape index (κ2) is 46.8. The van der Waals surface area contributed by atoms with Crippen molar-refractivity contribution in [3.63, 3.8) is 0 Å². The summed E-state index contributed by atoms with van der Waals surface area (Å²) in [5.74, 6) is -0.220. The lowest BCUT2D eigenvalue weighted by atomic mass is 9.99. The van der Waals surface area contributed by atoms with Gasteiger partial charge in [0.2, 0.25) is 5.91 Å².